The van der Waals surface area contributed by atoms with Crippen molar-refractivity contribution in [3.05, 3.63) is 58.5 Å². The standard InChI is InChI=1S/C14H13NO3/c1-10-7-12(11-5-3-2-4-6-11)8-13(16)15(10)9-14(17)18/h2-8H,9H2,1H3,(H,17,18). The fourth-order valence-corrected chi connectivity index (χ4v) is 1.86. The first-order valence-electron chi connectivity index (χ1n) is 5.56. The van der Waals surface area contributed by atoms with Gasteiger partial charge in [-0.1, -0.05) is 30.3 Å². The molecule has 18 heavy (non-hydrogen) atoms. The second kappa shape index (κ2) is 4.87. The van der Waals surface area contributed by atoms with E-state index in [1.54, 1.807) is 6.92 Å². The van der Waals surface area contributed by atoms with Crippen LogP contribution in [0.3, 0.4) is 0 Å². The zero-order valence-electron chi connectivity index (χ0n) is 9.96. The second-order valence-electron chi connectivity index (χ2n) is 4.07. The van der Waals surface area contributed by atoms with Crippen LogP contribution in [0.2, 0.25) is 0 Å². The number of carbonyl (C=O) groups is 1. The summed E-state index contributed by atoms with van der Waals surface area (Å²) in [7, 11) is 0. The normalized spacial score (nSPS) is 10.3. The Morgan fingerprint density at radius 1 is 1.17 bits per heavy atom. The highest BCUT2D eigenvalue weighted by atomic mass is 16.4. The number of hydrogen-bond donors (Lipinski definition) is 1. The van der Waals surface area contributed by atoms with Crippen LogP contribution < -0.4 is 5.56 Å². The van der Waals surface area contributed by atoms with Crippen LogP contribution in [0.25, 0.3) is 11.1 Å². The molecule has 0 radical (unpaired) electrons. The van der Waals surface area contributed by atoms with Crippen LogP contribution in [-0.2, 0) is 11.3 Å². The van der Waals surface area contributed by atoms with E-state index in [4.69, 9.17) is 5.11 Å². The summed E-state index contributed by atoms with van der Waals surface area (Å²) in [6.07, 6.45) is 0. The summed E-state index contributed by atoms with van der Waals surface area (Å²) in [5.41, 5.74) is 2.10. The molecular weight excluding hydrogens is 230 g/mol. The zero-order valence-corrected chi connectivity index (χ0v) is 9.96. The van der Waals surface area contributed by atoms with Crippen LogP contribution in [0.4, 0.5) is 0 Å². The van der Waals surface area contributed by atoms with Gasteiger partial charge in [0.25, 0.3) is 5.56 Å². The van der Waals surface area contributed by atoms with Crippen molar-refractivity contribution in [2.45, 2.75) is 13.5 Å². The van der Waals surface area contributed by atoms with E-state index < -0.39 is 5.97 Å². The second-order valence-corrected chi connectivity index (χ2v) is 4.07. The lowest BCUT2D eigenvalue weighted by atomic mass is 10.1. The number of carboxylic acid groups (broad SMARTS) is 1. The Bertz CT molecular complexity index is 629. The van der Waals surface area contributed by atoms with Gasteiger partial charge in [-0.3, -0.25) is 9.59 Å². The lowest BCUT2D eigenvalue weighted by Gasteiger charge is -2.09. The van der Waals surface area contributed by atoms with E-state index in [2.05, 4.69) is 0 Å². The van der Waals surface area contributed by atoms with Gasteiger partial charge in [-0.25, -0.2) is 0 Å². The first-order valence-corrected chi connectivity index (χ1v) is 5.56. The van der Waals surface area contributed by atoms with E-state index in [9.17, 15) is 9.59 Å². The highest BCUT2D eigenvalue weighted by Gasteiger charge is 2.07. The van der Waals surface area contributed by atoms with E-state index in [-0.39, 0.29) is 12.1 Å². The number of rotatable bonds is 3. The molecule has 0 unspecified atom stereocenters. The predicted octanol–water partition coefficient (Wildman–Crippen LogP) is 1.91. The van der Waals surface area contributed by atoms with Gasteiger partial charge in [0, 0.05) is 11.8 Å². The molecular formula is C14H13NO3. The van der Waals surface area contributed by atoms with Gasteiger partial charge in [0.2, 0.25) is 0 Å². The third-order valence-electron chi connectivity index (χ3n) is 2.74. The van der Waals surface area contributed by atoms with Gasteiger partial charge >= 0.3 is 5.97 Å². The maximum Gasteiger partial charge on any atom is 0.323 e. The minimum absolute atomic E-state index is 0.295. The van der Waals surface area contributed by atoms with E-state index in [1.165, 1.54) is 10.6 Å². The summed E-state index contributed by atoms with van der Waals surface area (Å²) in [6, 6.07) is 12.8. The van der Waals surface area contributed by atoms with Crippen LogP contribution in [0.15, 0.2) is 47.3 Å². The summed E-state index contributed by atoms with van der Waals surface area (Å²) >= 11 is 0. The van der Waals surface area contributed by atoms with Crippen molar-refractivity contribution in [2.75, 3.05) is 0 Å². The van der Waals surface area contributed by atoms with E-state index in [0.29, 0.717) is 5.69 Å². The maximum absolute atomic E-state index is 11.9. The molecule has 1 N–H and O–H groups in total. The number of hydrogen-bond acceptors (Lipinski definition) is 2. The fourth-order valence-electron chi connectivity index (χ4n) is 1.86. The van der Waals surface area contributed by atoms with Crippen LogP contribution in [0, 0.1) is 6.92 Å². The van der Waals surface area contributed by atoms with E-state index in [0.717, 1.165) is 11.1 Å². The molecule has 0 aliphatic rings. The van der Waals surface area contributed by atoms with Crippen LogP contribution >= 0.6 is 0 Å². The third kappa shape index (κ3) is 2.48. The van der Waals surface area contributed by atoms with Crippen molar-refractivity contribution in [2.24, 2.45) is 0 Å². The molecule has 0 saturated carbocycles. The number of aryl methyl sites for hydroxylation is 1. The summed E-state index contributed by atoms with van der Waals surface area (Å²) in [5.74, 6) is -1.02. The summed E-state index contributed by atoms with van der Waals surface area (Å²) in [6.45, 7) is 1.43. The lowest BCUT2D eigenvalue weighted by Crippen LogP contribution is -2.25. The molecule has 0 saturated heterocycles. The Hall–Kier alpha value is -2.36. The molecule has 0 atom stereocenters. The van der Waals surface area contributed by atoms with Gasteiger partial charge in [-0.05, 0) is 24.1 Å². The molecule has 4 nitrogen and oxygen atoms in total. The lowest BCUT2D eigenvalue weighted by molar-refractivity contribution is -0.137. The number of carboxylic acids is 1. The topological polar surface area (TPSA) is 59.3 Å². The molecule has 2 aromatic rings. The van der Waals surface area contributed by atoms with Gasteiger partial charge in [-0.2, -0.15) is 0 Å². The number of benzene rings is 1. The van der Waals surface area contributed by atoms with Gasteiger partial charge in [0.1, 0.15) is 6.54 Å². The smallest absolute Gasteiger partial charge is 0.323 e. The Labute approximate surface area is 104 Å². The van der Waals surface area contributed by atoms with Crippen LogP contribution in [-0.4, -0.2) is 15.6 Å². The molecule has 1 aromatic carbocycles. The first-order chi connectivity index (χ1) is 8.58. The largest absolute Gasteiger partial charge is 0.480 e. The van der Waals surface area contributed by atoms with Crippen molar-refractivity contribution in [1.29, 1.82) is 0 Å². The molecule has 1 aromatic heterocycles. The highest BCUT2D eigenvalue weighted by molar-refractivity contribution is 5.67. The Morgan fingerprint density at radius 3 is 2.39 bits per heavy atom. The first kappa shape index (κ1) is 12.1. The minimum atomic E-state index is -1.02. The molecule has 2 rings (SSSR count). The summed E-state index contributed by atoms with van der Waals surface area (Å²) in [5, 5.41) is 8.74. The molecule has 4 heteroatoms. The SMILES string of the molecule is Cc1cc(-c2ccccc2)cc(=O)n1CC(=O)O. The number of pyridine rings is 1. The molecule has 92 valence electrons. The van der Waals surface area contributed by atoms with Gasteiger partial charge < -0.3 is 9.67 Å². The summed E-state index contributed by atoms with van der Waals surface area (Å²) in [4.78, 5) is 22.5. The zero-order chi connectivity index (χ0) is 13.1. The van der Waals surface area contributed by atoms with Crippen molar-refractivity contribution >= 4 is 5.97 Å². The molecule has 0 bridgehead atoms. The molecule has 1 heterocycles. The Morgan fingerprint density at radius 2 is 1.83 bits per heavy atom. The van der Waals surface area contributed by atoms with Crippen molar-refractivity contribution in [3.8, 4) is 11.1 Å². The van der Waals surface area contributed by atoms with E-state index in [1.807, 2.05) is 36.4 Å². The monoisotopic (exact) mass is 243 g/mol. The predicted molar refractivity (Wildman–Crippen MR) is 68.5 cm³/mol. The Balaban J connectivity index is 2.49. The number of nitrogens with zero attached hydrogens (tertiary/aromatic N) is 1. The number of aliphatic carboxylic acids is 1. The average molecular weight is 243 g/mol. The molecule has 0 aliphatic carbocycles. The van der Waals surface area contributed by atoms with E-state index >= 15 is 0 Å². The average Bonchev–Trinajstić information content (AvgIpc) is 2.34. The van der Waals surface area contributed by atoms with Crippen LogP contribution in [0.1, 0.15) is 5.69 Å². The third-order valence-corrected chi connectivity index (χ3v) is 2.74. The quantitative estimate of drug-likeness (QED) is 0.895. The van der Waals surface area contributed by atoms with Gasteiger partial charge in [-0.15, -0.1) is 0 Å². The minimum Gasteiger partial charge on any atom is -0.480 e. The Kier molecular flexibility index (Phi) is 3.28. The molecule has 0 fully saturated rings. The fraction of sp³-hybridized carbons (Fsp3) is 0.143. The van der Waals surface area contributed by atoms with Crippen molar-refractivity contribution in [1.82, 2.24) is 4.57 Å². The van der Waals surface area contributed by atoms with Crippen molar-refractivity contribution in [3.63, 3.8) is 0 Å². The highest BCUT2D eigenvalue weighted by Crippen LogP contribution is 2.17. The van der Waals surface area contributed by atoms with Gasteiger partial charge in [0.15, 0.2) is 0 Å². The molecule has 0 amide bonds. The maximum atomic E-state index is 11.9. The number of aromatic nitrogens is 1. The van der Waals surface area contributed by atoms with Gasteiger partial charge in [0.05, 0.1) is 0 Å². The molecule has 0 spiro atoms. The van der Waals surface area contributed by atoms with Crippen LogP contribution in [0.5, 0.6) is 0 Å². The summed E-state index contributed by atoms with van der Waals surface area (Å²) < 4.78 is 1.24. The van der Waals surface area contributed by atoms with Crippen molar-refractivity contribution < 1.29 is 9.90 Å². The molecule has 0 aliphatic heterocycles.